The van der Waals surface area contributed by atoms with Crippen LogP contribution in [0.5, 0.6) is 17.5 Å². The minimum Gasteiger partial charge on any atom is -0.493 e. The number of methoxy groups -OCH3 is 1. The van der Waals surface area contributed by atoms with E-state index in [2.05, 4.69) is 9.97 Å². The van der Waals surface area contributed by atoms with Crippen molar-refractivity contribution in [2.45, 2.75) is 0 Å². The number of rotatable bonds is 4. The average Bonchev–Trinajstić information content (AvgIpc) is 2.48. The summed E-state index contributed by atoms with van der Waals surface area (Å²) in [5, 5.41) is 17.5. The molecule has 0 saturated heterocycles. The summed E-state index contributed by atoms with van der Waals surface area (Å²) >= 11 is 0. The Bertz CT molecular complexity index is 677. The van der Waals surface area contributed by atoms with Gasteiger partial charge in [0.2, 0.25) is 0 Å². The van der Waals surface area contributed by atoms with E-state index in [1.807, 2.05) is 6.07 Å². The normalized spacial score (nSPS) is 9.60. The van der Waals surface area contributed by atoms with Crippen LogP contribution in [0.4, 0.5) is 0 Å². The topological polar surface area (TPSA) is 105 Å². The lowest BCUT2D eigenvalue weighted by Gasteiger charge is -2.08. The Kier molecular flexibility index (Phi) is 3.77. The Morgan fingerprint density at radius 3 is 2.55 bits per heavy atom. The van der Waals surface area contributed by atoms with Crippen LogP contribution in [0, 0.1) is 11.3 Å². The zero-order valence-electron chi connectivity index (χ0n) is 10.4. The number of hydrogen-bond acceptors (Lipinski definition) is 6. The zero-order valence-corrected chi connectivity index (χ0v) is 10.4. The highest BCUT2D eigenvalue weighted by molar-refractivity contribution is 5.86. The third-order valence-electron chi connectivity index (χ3n) is 2.37. The number of ether oxygens (including phenoxy) is 2. The first kappa shape index (κ1) is 13.3. The van der Waals surface area contributed by atoms with E-state index in [1.54, 1.807) is 12.1 Å². The summed E-state index contributed by atoms with van der Waals surface area (Å²) in [5.41, 5.74) is 0.389. The van der Waals surface area contributed by atoms with Crippen molar-refractivity contribution in [3.63, 3.8) is 0 Å². The molecule has 0 radical (unpaired) electrons. The van der Waals surface area contributed by atoms with Gasteiger partial charge in [0.25, 0.3) is 0 Å². The Morgan fingerprint density at radius 1 is 1.30 bits per heavy atom. The van der Waals surface area contributed by atoms with Crippen LogP contribution in [0.2, 0.25) is 0 Å². The number of carboxylic acid groups (broad SMARTS) is 1. The van der Waals surface area contributed by atoms with E-state index in [-0.39, 0.29) is 11.6 Å². The van der Waals surface area contributed by atoms with Gasteiger partial charge in [-0.25, -0.2) is 14.8 Å². The van der Waals surface area contributed by atoms with Crippen molar-refractivity contribution in [1.82, 2.24) is 9.97 Å². The third kappa shape index (κ3) is 2.81. The number of nitrogens with zero attached hydrogens (tertiary/aromatic N) is 3. The number of benzene rings is 1. The second kappa shape index (κ2) is 5.67. The fraction of sp³-hybridized carbons (Fsp3) is 0.0769. The fourth-order valence-electron chi connectivity index (χ4n) is 1.40. The Hall–Kier alpha value is -3.14. The molecule has 7 nitrogen and oxygen atoms in total. The molecule has 1 heterocycles. The van der Waals surface area contributed by atoms with Crippen molar-refractivity contribution in [3.05, 3.63) is 41.7 Å². The number of aromatic carboxylic acids is 1. The molecule has 20 heavy (non-hydrogen) atoms. The molecule has 0 spiro atoms. The Labute approximate surface area is 114 Å². The summed E-state index contributed by atoms with van der Waals surface area (Å²) in [6.07, 6.45) is 2.28. The highest BCUT2D eigenvalue weighted by Gasteiger charge is 2.10. The summed E-state index contributed by atoms with van der Waals surface area (Å²) in [4.78, 5) is 18.2. The van der Waals surface area contributed by atoms with Crippen LogP contribution in [-0.4, -0.2) is 28.2 Å². The summed E-state index contributed by atoms with van der Waals surface area (Å²) < 4.78 is 10.5. The molecular formula is C13H9N3O4. The fourth-order valence-corrected chi connectivity index (χ4v) is 1.40. The van der Waals surface area contributed by atoms with Crippen LogP contribution in [0.1, 0.15) is 15.9 Å². The first-order valence-corrected chi connectivity index (χ1v) is 5.45. The minimum absolute atomic E-state index is 0.0157. The molecule has 1 aromatic heterocycles. The maximum atomic E-state index is 10.7. The van der Waals surface area contributed by atoms with Gasteiger partial charge in [-0.3, -0.25) is 0 Å². The number of hydrogen-bond donors (Lipinski definition) is 1. The van der Waals surface area contributed by atoms with E-state index >= 15 is 0 Å². The molecule has 0 atom stereocenters. The SMILES string of the molecule is COc1cc(C#N)ccc1Oc1ncc(C(=O)O)cn1. The van der Waals surface area contributed by atoms with Crippen molar-refractivity contribution in [2.75, 3.05) is 7.11 Å². The molecule has 7 heteroatoms. The molecule has 1 aromatic carbocycles. The molecule has 2 aromatic rings. The summed E-state index contributed by atoms with van der Waals surface area (Å²) in [6, 6.07) is 6.59. The van der Waals surface area contributed by atoms with Gasteiger partial charge in [-0.15, -0.1) is 0 Å². The molecule has 0 fully saturated rings. The average molecular weight is 271 g/mol. The molecule has 0 aliphatic rings. The van der Waals surface area contributed by atoms with Crippen molar-refractivity contribution < 1.29 is 19.4 Å². The van der Waals surface area contributed by atoms with Crippen LogP contribution in [-0.2, 0) is 0 Å². The van der Waals surface area contributed by atoms with Crippen LogP contribution < -0.4 is 9.47 Å². The number of aromatic nitrogens is 2. The predicted molar refractivity (Wildman–Crippen MR) is 66.8 cm³/mol. The van der Waals surface area contributed by atoms with Crippen molar-refractivity contribution in [3.8, 4) is 23.6 Å². The van der Waals surface area contributed by atoms with Gasteiger partial charge in [-0.1, -0.05) is 0 Å². The summed E-state index contributed by atoms with van der Waals surface area (Å²) in [5.74, 6) is -0.433. The van der Waals surface area contributed by atoms with E-state index in [9.17, 15) is 4.79 Å². The zero-order chi connectivity index (χ0) is 14.5. The first-order chi connectivity index (χ1) is 9.63. The van der Waals surface area contributed by atoms with Gasteiger partial charge in [0.15, 0.2) is 11.5 Å². The van der Waals surface area contributed by atoms with Gasteiger partial charge in [0, 0.05) is 18.5 Å². The Balaban J connectivity index is 2.25. The highest BCUT2D eigenvalue weighted by atomic mass is 16.5. The largest absolute Gasteiger partial charge is 0.493 e. The molecular weight excluding hydrogens is 262 g/mol. The number of carboxylic acids is 1. The molecule has 0 aliphatic carbocycles. The molecule has 0 bridgehead atoms. The summed E-state index contributed by atoms with van der Waals surface area (Å²) in [6.45, 7) is 0. The van der Waals surface area contributed by atoms with Gasteiger partial charge < -0.3 is 14.6 Å². The van der Waals surface area contributed by atoms with E-state index in [0.29, 0.717) is 17.1 Å². The van der Waals surface area contributed by atoms with Gasteiger partial charge in [0.05, 0.1) is 24.3 Å². The second-order valence-electron chi connectivity index (χ2n) is 3.64. The molecule has 0 unspecified atom stereocenters. The summed E-state index contributed by atoms with van der Waals surface area (Å²) in [7, 11) is 1.44. The molecule has 100 valence electrons. The van der Waals surface area contributed by atoms with E-state index in [1.165, 1.54) is 13.2 Å². The highest BCUT2D eigenvalue weighted by Crippen LogP contribution is 2.30. The van der Waals surface area contributed by atoms with E-state index in [0.717, 1.165) is 12.4 Å². The molecule has 0 saturated carbocycles. The van der Waals surface area contributed by atoms with Gasteiger partial charge in [-0.2, -0.15) is 5.26 Å². The molecule has 1 N–H and O–H groups in total. The predicted octanol–water partition coefficient (Wildman–Crippen LogP) is 1.85. The van der Waals surface area contributed by atoms with E-state index < -0.39 is 5.97 Å². The van der Waals surface area contributed by atoms with E-state index in [4.69, 9.17) is 19.8 Å². The molecule has 2 rings (SSSR count). The van der Waals surface area contributed by atoms with Gasteiger partial charge >= 0.3 is 12.0 Å². The van der Waals surface area contributed by atoms with Gasteiger partial charge in [0.1, 0.15) is 0 Å². The lowest BCUT2D eigenvalue weighted by atomic mass is 10.2. The third-order valence-corrected chi connectivity index (χ3v) is 2.37. The van der Waals surface area contributed by atoms with Crippen molar-refractivity contribution >= 4 is 5.97 Å². The number of nitriles is 1. The molecule has 0 aliphatic heterocycles. The van der Waals surface area contributed by atoms with Crippen molar-refractivity contribution in [1.29, 1.82) is 5.26 Å². The first-order valence-electron chi connectivity index (χ1n) is 5.45. The number of carbonyl (C=O) groups is 1. The smallest absolute Gasteiger partial charge is 0.338 e. The van der Waals surface area contributed by atoms with Crippen LogP contribution in [0.25, 0.3) is 0 Å². The maximum absolute atomic E-state index is 10.7. The maximum Gasteiger partial charge on any atom is 0.338 e. The minimum atomic E-state index is -1.12. The quantitative estimate of drug-likeness (QED) is 0.904. The standard InChI is InChI=1S/C13H9N3O4/c1-19-11-4-8(5-14)2-3-10(11)20-13-15-6-9(7-16-13)12(17)18/h2-4,6-7H,1H3,(H,17,18). The van der Waals surface area contributed by atoms with Crippen LogP contribution in [0.15, 0.2) is 30.6 Å². The van der Waals surface area contributed by atoms with Crippen LogP contribution >= 0.6 is 0 Å². The monoisotopic (exact) mass is 271 g/mol. The second-order valence-corrected chi connectivity index (χ2v) is 3.64. The van der Waals surface area contributed by atoms with Crippen LogP contribution in [0.3, 0.4) is 0 Å². The Morgan fingerprint density at radius 2 is 2.00 bits per heavy atom. The lowest BCUT2D eigenvalue weighted by molar-refractivity contribution is 0.0696. The van der Waals surface area contributed by atoms with Gasteiger partial charge in [-0.05, 0) is 12.1 Å². The lowest BCUT2D eigenvalue weighted by Crippen LogP contribution is -2.00. The molecule has 0 amide bonds. The van der Waals surface area contributed by atoms with Crippen molar-refractivity contribution in [2.24, 2.45) is 0 Å².